The van der Waals surface area contributed by atoms with Crippen LogP contribution in [0.15, 0.2) is 0 Å². The highest BCUT2D eigenvalue weighted by molar-refractivity contribution is 5.79. The second-order valence-electron chi connectivity index (χ2n) is 7.87. The number of primary amides is 1. The van der Waals surface area contributed by atoms with Crippen molar-refractivity contribution in [2.24, 2.45) is 5.73 Å². The maximum Gasteiger partial charge on any atom is 0.234 e. The summed E-state index contributed by atoms with van der Waals surface area (Å²) < 4.78 is 5.60. The highest BCUT2D eigenvalue weighted by atomic mass is 16.5. The predicted molar refractivity (Wildman–Crippen MR) is 109 cm³/mol. The van der Waals surface area contributed by atoms with E-state index in [1.54, 1.807) is 0 Å². The Morgan fingerprint density at radius 1 is 1.03 bits per heavy atom. The molecule has 29 heavy (non-hydrogen) atoms. The smallest absolute Gasteiger partial charge is 0.234 e. The second kappa shape index (κ2) is 13.9. The molecule has 1 aliphatic heterocycles. The van der Waals surface area contributed by atoms with Crippen LogP contribution in [0.3, 0.4) is 0 Å². The number of aliphatic hydroxyl groups is 3. The van der Waals surface area contributed by atoms with Crippen LogP contribution in [0.4, 0.5) is 0 Å². The highest BCUT2D eigenvalue weighted by Gasteiger charge is 2.45. The van der Waals surface area contributed by atoms with Crippen LogP contribution >= 0.6 is 0 Å². The van der Waals surface area contributed by atoms with E-state index in [1.165, 1.54) is 39.0 Å². The zero-order valence-electron chi connectivity index (χ0n) is 17.7. The molecule has 1 rings (SSSR count). The maximum atomic E-state index is 11.9. The average Bonchev–Trinajstić information content (AvgIpc) is 2.67. The third-order valence-electron chi connectivity index (χ3n) is 5.35. The third-order valence-corrected chi connectivity index (χ3v) is 5.35. The van der Waals surface area contributed by atoms with Crippen LogP contribution in [0.5, 0.6) is 0 Å². The van der Waals surface area contributed by atoms with Crippen LogP contribution in [-0.2, 0) is 14.3 Å². The first-order valence-corrected chi connectivity index (χ1v) is 10.8. The van der Waals surface area contributed by atoms with Crippen LogP contribution in [0.2, 0.25) is 0 Å². The number of carbonyl (C=O) groups excluding carboxylic acids is 2. The molecule has 1 aliphatic rings. The molecule has 9 nitrogen and oxygen atoms in total. The molecule has 0 spiro atoms. The molecule has 0 saturated carbocycles. The first-order chi connectivity index (χ1) is 13.8. The fourth-order valence-electron chi connectivity index (χ4n) is 3.64. The van der Waals surface area contributed by atoms with E-state index in [0.717, 1.165) is 19.3 Å². The first kappa shape index (κ1) is 25.8. The van der Waals surface area contributed by atoms with E-state index in [9.17, 15) is 24.9 Å². The first-order valence-electron chi connectivity index (χ1n) is 10.8. The van der Waals surface area contributed by atoms with Gasteiger partial charge in [-0.1, -0.05) is 58.3 Å². The summed E-state index contributed by atoms with van der Waals surface area (Å²) in [6.45, 7) is 2.95. The largest absolute Gasteiger partial charge is 0.394 e. The third kappa shape index (κ3) is 8.96. The van der Waals surface area contributed by atoms with Gasteiger partial charge in [0.2, 0.25) is 11.8 Å². The number of nitrogens with one attached hydrogen (secondary N) is 2. The van der Waals surface area contributed by atoms with Crippen LogP contribution in [0, 0.1) is 0 Å². The second-order valence-corrected chi connectivity index (χ2v) is 7.87. The molecule has 0 bridgehead atoms. The molecule has 1 heterocycles. The molecule has 170 valence electrons. The minimum atomic E-state index is -1.37. The Morgan fingerprint density at radius 3 is 2.14 bits per heavy atom. The molecule has 6 atom stereocenters. The van der Waals surface area contributed by atoms with Crippen molar-refractivity contribution >= 4 is 11.8 Å². The molecule has 9 heteroatoms. The van der Waals surface area contributed by atoms with Gasteiger partial charge in [0.05, 0.1) is 18.7 Å². The van der Waals surface area contributed by atoms with Gasteiger partial charge in [0.25, 0.3) is 0 Å². The highest BCUT2D eigenvalue weighted by Crippen LogP contribution is 2.21. The molecular formula is C20H39N3O6. The van der Waals surface area contributed by atoms with Gasteiger partial charge < -0.3 is 31.1 Å². The number of amides is 2. The SMILES string of the molecule is CCCCCCCCCCC(N[C@@H]1O[C@H](CO)[C@@H](O)[C@H](O)[C@H]1NC(C)=O)C(N)=O. The van der Waals surface area contributed by atoms with Gasteiger partial charge in [0, 0.05) is 6.92 Å². The van der Waals surface area contributed by atoms with Crippen molar-refractivity contribution in [3.05, 3.63) is 0 Å². The quantitative estimate of drug-likeness (QED) is 0.216. The summed E-state index contributed by atoms with van der Waals surface area (Å²) >= 11 is 0. The van der Waals surface area contributed by atoms with Crippen molar-refractivity contribution in [2.75, 3.05) is 6.61 Å². The van der Waals surface area contributed by atoms with Crippen LogP contribution < -0.4 is 16.4 Å². The number of unbranched alkanes of at least 4 members (excludes halogenated alkanes) is 7. The van der Waals surface area contributed by atoms with Crippen molar-refractivity contribution in [1.82, 2.24) is 10.6 Å². The number of rotatable bonds is 14. The Labute approximate surface area is 173 Å². The van der Waals surface area contributed by atoms with Gasteiger partial charge in [-0.2, -0.15) is 0 Å². The van der Waals surface area contributed by atoms with E-state index in [0.29, 0.717) is 6.42 Å². The standard InChI is InChI=1S/C20H39N3O6/c1-3-4-5-6-7-8-9-10-11-14(19(21)28)23-20-16(22-13(2)25)18(27)17(26)15(12-24)29-20/h14-18,20,23-24,26-27H,3-12H2,1-2H3,(H2,21,28)(H,22,25)/t14?,15-,16-,17-,18-,20-/m1/s1. The summed E-state index contributed by atoms with van der Waals surface area (Å²) in [4.78, 5) is 23.4. The summed E-state index contributed by atoms with van der Waals surface area (Å²) in [6.07, 6.45) is 4.79. The molecular weight excluding hydrogens is 378 g/mol. The van der Waals surface area contributed by atoms with E-state index < -0.39 is 55.0 Å². The lowest BCUT2D eigenvalue weighted by molar-refractivity contribution is -0.204. The number of hydrogen-bond acceptors (Lipinski definition) is 7. The predicted octanol–water partition coefficient (Wildman–Crippen LogP) is -0.0956. The fourth-order valence-corrected chi connectivity index (χ4v) is 3.64. The van der Waals surface area contributed by atoms with Gasteiger partial charge in [-0.15, -0.1) is 0 Å². The van der Waals surface area contributed by atoms with Gasteiger partial charge in [-0.3, -0.25) is 14.9 Å². The summed E-state index contributed by atoms with van der Waals surface area (Å²) in [5.41, 5.74) is 5.52. The van der Waals surface area contributed by atoms with Crippen LogP contribution in [0.25, 0.3) is 0 Å². The number of nitrogens with two attached hydrogens (primary N) is 1. The molecule has 0 aromatic rings. The van der Waals surface area contributed by atoms with Crippen molar-refractivity contribution in [3.8, 4) is 0 Å². The van der Waals surface area contributed by atoms with E-state index in [2.05, 4.69) is 17.6 Å². The van der Waals surface area contributed by atoms with E-state index in [1.807, 2.05) is 0 Å². The Morgan fingerprint density at radius 2 is 1.62 bits per heavy atom. The summed E-state index contributed by atoms with van der Waals surface area (Å²) in [7, 11) is 0. The minimum absolute atomic E-state index is 0.419. The lowest BCUT2D eigenvalue weighted by atomic mass is 9.95. The molecule has 1 saturated heterocycles. The summed E-state index contributed by atoms with van der Waals surface area (Å²) in [5.74, 6) is -0.975. The Kier molecular flexibility index (Phi) is 12.3. The van der Waals surface area contributed by atoms with Crippen LogP contribution in [0.1, 0.15) is 71.6 Å². The lowest BCUT2D eigenvalue weighted by Crippen LogP contribution is -2.69. The molecule has 1 fully saturated rings. The van der Waals surface area contributed by atoms with E-state index >= 15 is 0 Å². The zero-order chi connectivity index (χ0) is 21.8. The van der Waals surface area contributed by atoms with Gasteiger partial charge in [0.15, 0.2) is 0 Å². The average molecular weight is 418 g/mol. The van der Waals surface area contributed by atoms with Crippen LogP contribution in [-0.4, -0.2) is 70.4 Å². The van der Waals surface area contributed by atoms with Crippen molar-refractivity contribution in [1.29, 1.82) is 0 Å². The summed E-state index contributed by atoms with van der Waals surface area (Å²) in [6, 6.07) is -1.69. The Bertz CT molecular complexity index is 493. The summed E-state index contributed by atoms with van der Waals surface area (Å²) in [5, 5.41) is 35.3. The number of aliphatic hydroxyl groups excluding tert-OH is 3. The molecule has 0 radical (unpaired) electrons. The van der Waals surface area contributed by atoms with Crippen molar-refractivity contribution in [3.63, 3.8) is 0 Å². The molecule has 1 unspecified atom stereocenters. The zero-order valence-corrected chi connectivity index (χ0v) is 17.7. The van der Waals surface area contributed by atoms with Gasteiger partial charge in [-0.25, -0.2) is 0 Å². The molecule has 0 aromatic heterocycles. The molecule has 2 amide bonds. The normalized spacial score (nSPS) is 28.1. The number of hydrogen-bond donors (Lipinski definition) is 6. The van der Waals surface area contributed by atoms with Gasteiger partial charge >= 0.3 is 0 Å². The Balaban J connectivity index is 2.59. The monoisotopic (exact) mass is 417 g/mol. The number of ether oxygens (including phenoxy) is 1. The topological polar surface area (TPSA) is 154 Å². The fraction of sp³-hybridized carbons (Fsp3) is 0.900. The number of carbonyl (C=O) groups is 2. The molecule has 0 aromatic carbocycles. The van der Waals surface area contributed by atoms with E-state index in [-0.39, 0.29) is 0 Å². The van der Waals surface area contributed by atoms with E-state index in [4.69, 9.17) is 10.5 Å². The minimum Gasteiger partial charge on any atom is -0.394 e. The van der Waals surface area contributed by atoms with Gasteiger partial charge in [-0.05, 0) is 6.42 Å². The lowest BCUT2D eigenvalue weighted by Gasteiger charge is -2.43. The maximum absolute atomic E-state index is 11.9. The van der Waals surface area contributed by atoms with Gasteiger partial charge in [0.1, 0.15) is 24.5 Å². The molecule has 7 N–H and O–H groups in total. The molecule has 0 aliphatic carbocycles. The van der Waals surface area contributed by atoms with Crippen molar-refractivity contribution < 1.29 is 29.6 Å². The Hall–Kier alpha value is -1.26. The van der Waals surface area contributed by atoms with Crippen molar-refractivity contribution in [2.45, 2.75) is 108 Å².